The second-order valence-electron chi connectivity index (χ2n) is 1.91. The molecule has 0 rings (SSSR count). The summed E-state index contributed by atoms with van der Waals surface area (Å²) >= 11 is 9.54. The fraction of sp³-hybridized carbons (Fsp3) is 0.250. The Hall–Kier alpha value is 2.19. The summed E-state index contributed by atoms with van der Waals surface area (Å²) in [6, 6.07) is 0. The molecule has 0 saturated heterocycles. The van der Waals surface area contributed by atoms with Gasteiger partial charge < -0.3 is 15.3 Å². The molecule has 0 aromatic heterocycles. The third-order valence-corrected chi connectivity index (χ3v) is 0.855. The van der Waals surface area contributed by atoms with Crippen molar-refractivity contribution in [1.29, 1.82) is 0 Å². The second kappa shape index (κ2) is 27.5. The molecule has 0 aliphatic heterocycles. The molecule has 110 valence electrons. The van der Waals surface area contributed by atoms with Crippen molar-refractivity contribution in [3.8, 4) is 0 Å². The molecule has 0 fully saturated rings. The maximum absolute atomic E-state index is 9.79. The number of aliphatic hydroxyl groups excluding tert-OH is 2. The Labute approximate surface area is 159 Å². The van der Waals surface area contributed by atoms with Gasteiger partial charge in [-0.15, -0.1) is 6.58 Å². The first-order valence-corrected chi connectivity index (χ1v) is 22.6. The van der Waals surface area contributed by atoms with E-state index < -0.39 is 17.9 Å². The molecule has 0 saturated carbocycles. The minimum atomic E-state index is -1.46. The van der Waals surface area contributed by atoms with Gasteiger partial charge in [0.1, 0.15) is 0 Å². The van der Waals surface area contributed by atoms with Crippen molar-refractivity contribution in [3.05, 3.63) is 25.3 Å². The van der Waals surface area contributed by atoms with Gasteiger partial charge >= 0.3 is 56.5 Å². The Morgan fingerprint density at radius 3 is 1.61 bits per heavy atom. The van der Waals surface area contributed by atoms with E-state index in [0.717, 1.165) is 6.08 Å². The molecular formula is C8H12I5O5-. The molecule has 0 radical (unpaired) electrons. The predicted molar refractivity (Wildman–Crippen MR) is 102 cm³/mol. The summed E-state index contributed by atoms with van der Waals surface area (Å²) in [5, 5.41) is 24.1. The number of carbonyl (C=O) groups excluding carboxylic acids is 1. The Bertz CT molecular complexity index is 224. The summed E-state index contributed by atoms with van der Waals surface area (Å²) in [6.45, 7) is 5.94. The standard InChI is InChI=1S/C4H4O3.C4H8O2.I3.I2/c1-2-3(5)4(6)7;1-2-4(6)3-5;1-3-2;1-2/h2H,1H2,(H,6,7);2,4-6H,1,3H2;;/q;;-1;. The molecule has 1 unspecified atom stereocenters. The number of halogens is 5. The average Bonchev–Trinajstić information content (AvgIpc) is 2.40. The predicted octanol–water partition coefficient (Wildman–Crippen LogP) is -0.101. The zero-order chi connectivity index (χ0) is 15.6. The van der Waals surface area contributed by atoms with Crippen LogP contribution in [0.4, 0.5) is 0 Å². The maximum atomic E-state index is 9.79. The number of aliphatic carboxylic acids is 1. The van der Waals surface area contributed by atoms with Crippen molar-refractivity contribution in [2.45, 2.75) is 6.10 Å². The molecular weight excluding hydrogens is 811 g/mol. The molecule has 0 spiro atoms. The Balaban J connectivity index is -0.0000000811. The van der Waals surface area contributed by atoms with Gasteiger partial charge in [-0.2, -0.15) is 0 Å². The van der Waals surface area contributed by atoms with E-state index in [-0.39, 0.29) is 6.61 Å². The fourth-order valence-electron chi connectivity index (χ4n) is 0.162. The van der Waals surface area contributed by atoms with E-state index in [9.17, 15) is 9.59 Å². The van der Waals surface area contributed by atoms with Crippen LogP contribution in [0.3, 0.4) is 0 Å². The van der Waals surface area contributed by atoms with Crippen LogP contribution in [0.25, 0.3) is 0 Å². The quantitative estimate of drug-likeness (QED) is 0.160. The molecule has 0 aliphatic rings. The van der Waals surface area contributed by atoms with Crippen LogP contribution in [-0.4, -0.2) is 39.8 Å². The molecule has 1 atom stereocenters. The molecule has 0 aliphatic carbocycles. The van der Waals surface area contributed by atoms with Crippen LogP contribution in [-0.2, 0) is 9.59 Å². The van der Waals surface area contributed by atoms with Crippen molar-refractivity contribution in [3.63, 3.8) is 0 Å². The second-order valence-corrected chi connectivity index (χ2v) is 18.2. The Morgan fingerprint density at radius 1 is 1.28 bits per heavy atom. The summed E-state index contributed by atoms with van der Waals surface area (Å²) in [7, 11) is 0. The van der Waals surface area contributed by atoms with Gasteiger partial charge in [-0.05, 0) is 6.08 Å². The average molecular weight is 823 g/mol. The van der Waals surface area contributed by atoms with Gasteiger partial charge in [0.15, 0.2) is 0 Å². The van der Waals surface area contributed by atoms with Crippen molar-refractivity contribution in [1.82, 2.24) is 0 Å². The molecule has 0 aromatic carbocycles. The molecule has 18 heavy (non-hydrogen) atoms. The monoisotopic (exact) mass is 823 g/mol. The van der Waals surface area contributed by atoms with Crippen LogP contribution < -0.4 is 13.3 Å². The zero-order valence-electron chi connectivity index (χ0n) is 8.90. The van der Waals surface area contributed by atoms with Crippen LogP contribution in [0, 0.1) is 0 Å². The number of ketones is 1. The van der Waals surface area contributed by atoms with Crippen molar-refractivity contribution >= 4 is 86.2 Å². The van der Waals surface area contributed by atoms with Gasteiger partial charge in [0.2, 0.25) is 0 Å². The van der Waals surface area contributed by atoms with Gasteiger partial charge in [0.05, 0.1) is 12.7 Å². The molecule has 0 heterocycles. The van der Waals surface area contributed by atoms with Crippen LogP contribution in [0.15, 0.2) is 25.3 Å². The van der Waals surface area contributed by atoms with E-state index in [1.807, 2.05) is 0 Å². The third-order valence-electron chi connectivity index (χ3n) is 0.855. The third kappa shape index (κ3) is 36.2. The summed E-state index contributed by atoms with van der Waals surface area (Å²) in [4.78, 5) is 19.3. The number of rotatable bonds is 4. The first-order valence-electron chi connectivity index (χ1n) is 3.73. The topological polar surface area (TPSA) is 94.8 Å². The first-order chi connectivity index (χ1) is 8.40. The molecule has 0 aromatic rings. The minimum absolute atomic E-state index is 0.233. The first kappa shape index (κ1) is 28.4. The Kier molecular flexibility index (Phi) is 43.4. The van der Waals surface area contributed by atoms with Gasteiger partial charge in [0.25, 0.3) is 5.78 Å². The Morgan fingerprint density at radius 2 is 1.61 bits per heavy atom. The van der Waals surface area contributed by atoms with Gasteiger partial charge in [-0.25, -0.2) is 4.79 Å². The van der Waals surface area contributed by atoms with Crippen LogP contribution >= 0.6 is 74.5 Å². The van der Waals surface area contributed by atoms with E-state index in [4.69, 9.17) is 15.3 Å². The number of hydrogen-bond donors (Lipinski definition) is 3. The SMILES string of the molecule is C=CC(=O)C(=O)O.C=CC(O)CO.II.I[I-]I. The van der Waals surface area contributed by atoms with E-state index in [0.29, 0.717) is 13.3 Å². The van der Waals surface area contributed by atoms with Crippen molar-refractivity contribution < 1.29 is 38.2 Å². The van der Waals surface area contributed by atoms with Gasteiger partial charge in [-0.1, -0.05) is 12.7 Å². The van der Waals surface area contributed by atoms with E-state index in [1.165, 1.54) is 6.08 Å². The van der Waals surface area contributed by atoms with Crippen molar-refractivity contribution in [2.75, 3.05) is 6.61 Å². The number of carboxylic acid groups (broad SMARTS) is 1. The number of carbonyl (C=O) groups is 2. The molecule has 10 heteroatoms. The van der Waals surface area contributed by atoms with E-state index in [2.05, 4.69) is 87.6 Å². The normalized spacial score (nSPS) is 9.00. The van der Waals surface area contributed by atoms with Crippen molar-refractivity contribution in [2.24, 2.45) is 0 Å². The summed E-state index contributed by atoms with van der Waals surface area (Å²) in [5.41, 5.74) is 0. The molecule has 0 amide bonds. The van der Waals surface area contributed by atoms with E-state index >= 15 is 0 Å². The molecule has 5 nitrogen and oxygen atoms in total. The van der Waals surface area contributed by atoms with Crippen LogP contribution in [0.1, 0.15) is 0 Å². The number of aliphatic hydroxyl groups is 2. The summed E-state index contributed by atoms with van der Waals surface area (Å²) in [5.74, 6) is -2.44. The van der Waals surface area contributed by atoms with Gasteiger partial charge in [-0.3, -0.25) is 4.79 Å². The molecule has 3 N–H and O–H groups in total. The number of carboxylic acids is 1. The summed E-state index contributed by atoms with van der Waals surface area (Å²) in [6.07, 6.45) is 1.28. The van der Waals surface area contributed by atoms with E-state index in [1.54, 1.807) is 0 Å². The van der Waals surface area contributed by atoms with Gasteiger partial charge in [0, 0.05) is 37.2 Å². The fourth-order valence-corrected chi connectivity index (χ4v) is 0.162. The van der Waals surface area contributed by atoms with Crippen LogP contribution in [0.2, 0.25) is 0 Å². The number of hydrogen-bond acceptors (Lipinski definition) is 4. The zero-order valence-corrected chi connectivity index (χ0v) is 19.7. The molecule has 0 bridgehead atoms. The van der Waals surface area contributed by atoms with Crippen LogP contribution in [0.5, 0.6) is 0 Å². The summed E-state index contributed by atoms with van der Waals surface area (Å²) < 4.78 is 0.